The number of rotatable bonds is 9. The maximum absolute atomic E-state index is 10.2. The highest BCUT2D eigenvalue weighted by atomic mass is 15.3. The van der Waals surface area contributed by atoms with Crippen molar-refractivity contribution in [1.82, 2.24) is 0 Å². The lowest BCUT2D eigenvalue weighted by Gasteiger charge is -2.33. The van der Waals surface area contributed by atoms with E-state index in [0.717, 1.165) is 58.5 Å². The van der Waals surface area contributed by atoms with E-state index in [9.17, 15) is 15.8 Å². The van der Waals surface area contributed by atoms with Crippen molar-refractivity contribution in [3.63, 3.8) is 0 Å². The smallest absolute Gasteiger partial charge is 0.138 e. The third-order valence-electron chi connectivity index (χ3n) is 6.98. The van der Waals surface area contributed by atoms with Crippen LogP contribution < -0.4 is 4.90 Å². The molecule has 1 aliphatic rings. The molecule has 202 valence electrons. The zero-order chi connectivity index (χ0) is 29.2. The third-order valence-corrected chi connectivity index (χ3v) is 6.98. The minimum absolute atomic E-state index is 0.0888. The molecule has 3 aromatic rings. The highest BCUT2D eigenvalue weighted by Crippen LogP contribution is 2.39. The Kier molecular flexibility index (Phi) is 9.34. The second-order valence-corrected chi connectivity index (χ2v) is 10.9. The number of nitriles is 3. The fraction of sp³-hybridized carbons (Fsp3) is 0.194. The van der Waals surface area contributed by atoms with Crippen LogP contribution in [0.2, 0.25) is 0 Å². The molecule has 0 bridgehead atoms. The predicted octanol–water partition coefficient (Wildman–Crippen LogP) is 7.26. The molecule has 0 saturated carbocycles. The van der Waals surface area contributed by atoms with Gasteiger partial charge in [0.15, 0.2) is 0 Å². The molecule has 5 heteroatoms. The highest BCUT2D eigenvalue weighted by molar-refractivity contribution is 5.93. The average Bonchev–Trinajstić information content (AvgIpc) is 2.99. The monoisotopic (exact) mass is 536 g/mol. The Morgan fingerprint density at radius 1 is 0.780 bits per heavy atom. The van der Waals surface area contributed by atoms with E-state index >= 15 is 0 Å². The average molecular weight is 537 g/mol. The number of hydrogen-bond donors (Lipinski definition) is 0. The molecule has 0 amide bonds. The van der Waals surface area contributed by atoms with Crippen molar-refractivity contribution in [3.8, 4) is 18.2 Å². The molecular weight excluding hydrogens is 502 g/mol. The van der Waals surface area contributed by atoms with Crippen LogP contribution in [0.1, 0.15) is 29.5 Å². The Morgan fingerprint density at radius 2 is 1.41 bits per heavy atom. The Balaban J connectivity index is 1.85. The maximum Gasteiger partial charge on any atom is 0.138 e. The van der Waals surface area contributed by atoms with Crippen LogP contribution in [0.25, 0.3) is 11.1 Å². The summed E-state index contributed by atoms with van der Waals surface area (Å²) in [7, 11) is 6.62. The van der Waals surface area contributed by atoms with Gasteiger partial charge in [0.25, 0.3) is 0 Å². The van der Waals surface area contributed by atoms with Gasteiger partial charge in [0, 0.05) is 29.1 Å². The van der Waals surface area contributed by atoms with Crippen molar-refractivity contribution < 1.29 is 4.48 Å². The van der Waals surface area contributed by atoms with E-state index in [1.807, 2.05) is 66.7 Å². The minimum atomic E-state index is -0.0888. The van der Waals surface area contributed by atoms with Crippen LogP contribution in [0.5, 0.6) is 0 Å². The van der Waals surface area contributed by atoms with E-state index in [2.05, 4.69) is 74.6 Å². The van der Waals surface area contributed by atoms with Crippen molar-refractivity contribution in [2.24, 2.45) is 0 Å². The normalized spacial score (nSPS) is 13.9. The number of anilines is 1. The largest absolute Gasteiger partial charge is 0.341 e. The standard InChI is InChI=1S/C36H34N5/c1-41(2,3)23-13-12-22-40-32(24-34(28-14-6-4-7-15-28)33-18-10-11-19-35(33)40)21-20-30(25-37)36(31(26-38)27-39)29-16-8-5-9-17-29/h4-11,14-21,24H,12-13,22-23H2,1-3H3/q+1. The molecule has 0 saturated heterocycles. The van der Waals surface area contributed by atoms with Gasteiger partial charge in [-0.3, -0.25) is 0 Å². The highest BCUT2D eigenvalue weighted by Gasteiger charge is 2.23. The van der Waals surface area contributed by atoms with Crippen LogP contribution in [0.4, 0.5) is 5.69 Å². The van der Waals surface area contributed by atoms with Gasteiger partial charge in [0.05, 0.1) is 39.3 Å². The number of allylic oxidation sites excluding steroid dienone is 6. The van der Waals surface area contributed by atoms with Gasteiger partial charge in [-0.05, 0) is 53.8 Å². The van der Waals surface area contributed by atoms with E-state index in [-0.39, 0.29) is 11.1 Å². The Labute approximate surface area is 243 Å². The first-order valence-electron chi connectivity index (χ1n) is 13.7. The molecule has 4 rings (SSSR count). The quantitative estimate of drug-likeness (QED) is 0.125. The lowest BCUT2D eigenvalue weighted by atomic mass is 9.91. The van der Waals surface area contributed by atoms with E-state index in [4.69, 9.17) is 0 Å². The lowest BCUT2D eigenvalue weighted by Crippen LogP contribution is -2.36. The predicted molar refractivity (Wildman–Crippen MR) is 166 cm³/mol. The zero-order valence-electron chi connectivity index (χ0n) is 23.9. The third kappa shape index (κ3) is 7.09. The van der Waals surface area contributed by atoms with Crippen LogP contribution in [-0.2, 0) is 0 Å². The van der Waals surface area contributed by atoms with Gasteiger partial charge in [0.1, 0.15) is 17.7 Å². The van der Waals surface area contributed by atoms with Gasteiger partial charge in [-0.15, -0.1) is 0 Å². The molecule has 0 spiro atoms. The van der Waals surface area contributed by atoms with Gasteiger partial charge in [-0.2, -0.15) is 15.8 Å². The number of quaternary nitrogens is 1. The van der Waals surface area contributed by atoms with Gasteiger partial charge >= 0.3 is 0 Å². The van der Waals surface area contributed by atoms with Crippen LogP contribution in [0.15, 0.2) is 120 Å². The summed E-state index contributed by atoms with van der Waals surface area (Å²) in [5.74, 6) is 0. The first-order chi connectivity index (χ1) is 19.9. The molecule has 0 fully saturated rings. The molecule has 0 aliphatic carbocycles. The number of nitrogens with zero attached hydrogens (tertiary/aromatic N) is 5. The van der Waals surface area contributed by atoms with Crippen molar-refractivity contribution in [2.75, 3.05) is 39.1 Å². The molecule has 0 aromatic heterocycles. The molecule has 1 heterocycles. The van der Waals surface area contributed by atoms with Gasteiger partial charge in [0.2, 0.25) is 0 Å². The molecule has 41 heavy (non-hydrogen) atoms. The first kappa shape index (κ1) is 28.8. The summed E-state index contributed by atoms with van der Waals surface area (Å²) >= 11 is 0. The van der Waals surface area contributed by atoms with E-state index < -0.39 is 0 Å². The van der Waals surface area contributed by atoms with Gasteiger partial charge < -0.3 is 9.38 Å². The number of hydrogen-bond acceptors (Lipinski definition) is 4. The van der Waals surface area contributed by atoms with Crippen molar-refractivity contribution in [1.29, 1.82) is 15.8 Å². The number of fused-ring (bicyclic) bond motifs is 1. The lowest BCUT2D eigenvalue weighted by molar-refractivity contribution is -0.870. The van der Waals surface area contributed by atoms with Gasteiger partial charge in [-0.25, -0.2) is 0 Å². The molecule has 0 atom stereocenters. The van der Waals surface area contributed by atoms with E-state index in [1.165, 1.54) is 0 Å². The summed E-state index contributed by atoms with van der Waals surface area (Å²) in [4.78, 5) is 2.31. The molecule has 1 aliphatic heterocycles. The molecule has 0 radical (unpaired) electrons. The summed E-state index contributed by atoms with van der Waals surface area (Å²) in [6.07, 6.45) is 7.93. The molecule has 0 N–H and O–H groups in total. The molecule has 5 nitrogen and oxygen atoms in total. The van der Waals surface area contributed by atoms with Crippen LogP contribution in [0, 0.1) is 34.0 Å². The topological polar surface area (TPSA) is 74.6 Å². The Hall–Kier alpha value is -5.15. The Morgan fingerprint density at radius 3 is 2.05 bits per heavy atom. The molecule has 3 aromatic carbocycles. The van der Waals surface area contributed by atoms with Crippen LogP contribution in [0.3, 0.4) is 0 Å². The summed E-state index contributed by atoms with van der Waals surface area (Å²) in [5.41, 5.74) is 6.62. The van der Waals surface area contributed by atoms with Crippen molar-refractivity contribution >= 4 is 16.8 Å². The molecule has 0 unspecified atom stereocenters. The van der Waals surface area contributed by atoms with Crippen molar-refractivity contribution in [2.45, 2.75) is 12.8 Å². The maximum atomic E-state index is 10.2. The minimum Gasteiger partial charge on any atom is -0.341 e. The number of unbranched alkanes of at least 4 members (excludes halogenated alkanes) is 1. The Bertz CT molecular complexity index is 1610. The van der Waals surface area contributed by atoms with Crippen LogP contribution in [-0.4, -0.2) is 38.7 Å². The summed E-state index contributed by atoms with van der Waals surface area (Å²) < 4.78 is 0.917. The van der Waals surface area contributed by atoms with Crippen LogP contribution >= 0.6 is 0 Å². The first-order valence-corrected chi connectivity index (χ1v) is 13.7. The SMILES string of the molecule is C[N+](C)(C)CCCCN1C(=CC=C(C#N)C(=C(C#N)C#N)c2ccccc2)C=C(c2ccccc2)c2ccccc21. The number of benzene rings is 3. The van der Waals surface area contributed by atoms with Crippen molar-refractivity contribution in [3.05, 3.63) is 137 Å². The fourth-order valence-corrected chi connectivity index (χ4v) is 5.00. The zero-order valence-corrected chi connectivity index (χ0v) is 23.9. The van der Waals surface area contributed by atoms with E-state index in [1.54, 1.807) is 6.08 Å². The summed E-state index contributed by atoms with van der Waals surface area (Å²) in [6.45, 7) is 1.90. The molecular formula is C36H34N5+. The second-order valence-electron chi connectivity index (χ2n) is 10.9. The summed E-state index contributed by atoms with van der Waals surface area (Å²) in [5, 5.41) is 29.6. The fourth-order valence-electron chi connectivity index (χ4n) is 5.00. The summed E-state index contributed by atoms with van der Waals surface area (Å²) in [6, 6.07) is 34.1. The second kappa shape index (κ2) is 13.3. The van der Waals surface area contributed by atoms with Gasteiger partial charge in [-0.1, -0.05) is 78.9 Å². The number of para-hydroxylation sites is 1. The van der Waals surface area contributed by atoms with E-state index in [0.29, 0.717) is 11.1 Å².